The first-order valence-electron chi connectivity index (χ1n) is 7.83. The van der Waals surface area contributed by atoms with Gasteiger partial charge in [-0.3, -0.25) is 14.7 Å². The van der Waals surface area contributed by atoms with Crippen LogP contribution in [0.25, 0.3) is 0 Å². The summed E-state index contributed by atoms with van der Waals surface area (Å²) in [5.74, 6) is -0.0220. The highest BCUT2D eigenvalue weighted by atomic mass is 16.5. The number of pyridine rings is 1. The maximum absolute atomic E-state index is 12.4. The zero-order chi connectivity index (χ0) is 16.1. The topological polar surface area (TPSA) is 54.5 Å². The monoisotopic (exact) mass is 311 g/mol. The van der Waals surface area contributed by atoms with Crippen LogP contribution in [0.4, 0.5) is 5.69 Å². The van der Waals surface area contributed by atoms with Crippen molar-refractivity contribution in [3.05, 3.63) is 60.4 Å². The number of anilines is 1. The van der Waals surface area contributed by atoms with Gasteiger partial charge in [-0.25, -0.2) is 0 Å². The number of amides is 1. The predicted octanol–water partition coefficient (Wildman–Crippen LogP) is 2.48. The summed E-state index contributed by atoms with van der Waals surface area (Å²) in [5.41, 5.74) is 1.94. The van der Waals surface area contributed by atoms with Crippen LogP contribution in [-0.4, -0.2) is 41.6 Å². The highest BCUT2D eigenvalue weighted by Gasteiger charge is 2.29. The molecule has 120 valence electrons. The number of ether oxygens (including phenoxy) is 1. The Hall–Kier alpha value is -2.24. The van der Waals surface area contributed by atoms with E-state index in [0.717, 1.165) is 12.2 Å². The van der Waals surface area contributed by atoms with Crippen molar-refractivity contribution in [2.45, 2.75) is 19.1 Å². The molecule has 1 N–H and O–H groups in total. The Bertz CT molecular complexity index is 633. The molecule has 0 aliphatic carbocycles. The smallest absolute Gasteiger partial charge is 0.238 e. The lowest BCUT2D eigenvalue weighted by atomic mass is 10.0. The standard InChI is InChI=1S/C18H21N3O2/c1-14-11-21(12-18(22)20-16-7-9-19-10-8-16)17(13-23-14)15-5-3-2-4-6-15/h2-10,14,17H,11-13H2,1H3,(H,19,20,22)/t14-,17-/m1/s1. The summed E-state index contributed by atoms with van der Waals surface area (Å²) in [4.78, 5) is 18.5. The second-order valence-corrected chi connectivity index (χ2v) is 5.78. The highest BCUT2D eigenvalue weighted by Crippen LogP contribution is 2.25. The average Bonchev–Trinajstić information content (AvgIpc) is 2.56. The van der Waals surface area contributed by atoms with Crippen LogP contribution in [0.15, 0.2) is 54.9 Å². The van der Waals surface area contributed by atoms with Crippen molar-refractivity contribution in [2.75, 3.05) is 25.0 Å². The molecule has 1 amide bonds. The van der Waals surface area contributed by atoms with E-state index in [-0.39, 0.29) is 18.1 Å². The Kier molecular flexibility index (Phi) is 5.00. The number of rotatable bonds is 4. The lowest BCUT2D eigenvalue weighted by molar-refractivity contribution is -0.121. The first-order chi connectivity index (χ1) is 11.2. The maximum atomic E-state index is 12.4. The quantitative estimate of drug-likeness (QED) is 0.942. The number of aromatic nitrogens is 1. The van der Waals surface area contributed by atoms with Gasteiger partial charge in [0, 0.05) is 24.6 Å². The normalized spacial score (nSPS) is 21.8. The van der Waals surface area contributed by atoms with E-state index in [1.807, 2.05) is 25.1 Å². The third kappa shape index (κ3) is 4.15. The average molecular weight is 311 g/mol. The zero-order valence-corrected chi connectivity index (χ0v) is 13.2. The molecule has 0 bridgehead atoms. The molecule has 0 spiro atoms. The Labute approximate surface area is 136 Å². The van der Waals surface area contributed by atoms with Gasteiger partial charge in [0.25, 0.3) is 0 Å². The molecule has 5 nitrogen and oxygen atoms in total. The summed E-state index contributed by atoms with van der Waals surface area (Å²) < 4.78 is 5.79. The van der Waals surface area contributed by atoms with E-state index in [9.17, 15) is 4.79 Å². The van der Waals surface area contributed by atoms with Crippen LogP contribution in [0.5, 0.6) is 0 Å². The molecule has 2 aromatic rings. The van der Waals surface area contributed by atoms with Crippen molar-refractivity contribution >= 4 is 11.6 Å². The number of hydrogen-bond acceptors (Lipinski definition) is 4. The van der Waals surface area contributed by atoms with E-state index in [1.54, 1.807) is 24.5 Å². The molecule has 5 heteroatoms. The summed E-state index contributed by atoms with van der Waals surface area (Å²) in [6, 6.07) is 13.9. The number of carbonyl (C=O) groups is 1. The molecule has 0 unspecified atom stereocenters. The number of nitrogens with one attached hydrogen (secondary N) is 1. The van der Waals surface area contributed by atoms with Gasteiger partial charge < -0.3 is 10.1 Å². The molecule has 3 rings (SSSR count). The summed E-state index contributed by atoms with van der Waals surface area (Å²) in [6.07, 6.45) is 3.46. The first-order valence-corrected chi connectivity index (χ1v) is 7.83. The molecule has 2 heterocycles. The third-order valence-electron chi connectivity index (χ3n) is 3.97. The van der Waals surface area contributed by atoms with Crippen LogP contribution < -0.4 is 5.32 Å². The number of carbonyl (C=O) groups excluding carboxylic acids is 1. The van der Waals surface area contributed by atoms with Gasteiger partial charge in [0.2, 0.25) is 5.91 Å². The minimum Gasteiger partial charge on any atom is -0.375 e. The van der Waals surface area contributed by atoms with Gasteiger partial charge in [0.1, 0.15) is 0 Å². The molecule has 1 aromatic carbocycles. The molecule has 1 aliphatic rings. The van der Waals surface area contributed by atoms with Crippen LogP contribution in [-0.2, 0) is 9.53 Å². The zero-order valence-electron chi connectivity index (χ0n) is 13.2. The van der Waals surface area contributed by atoms with Gasteiger partial charge in [-0.1, -0.05) is 30.3 Å². The largest absolute Gasteiger partial charge is 0.375 e. The fourth-order valence-corrected chi connectivity index (χ4v) is 2.85. The second-order valence-electron chi connectivity index (χ2n) is 5.78. The van der Waals surface area contributed by atoms with Crippen molar-refractivity contribution in [3.8, 4) is 0 Å². The molecular weight excluding hydrogens is 290 g/mol. The van der Waals surface area contributed by atoms with Crippen LogP contribution in [0.1, 0.15) is 18.5 Å². The van der Waals surface area contributed by atoms with Crippen molar-refractivity contribution in [2.24, 2.45) is 0 Å². The van der Waals surface area contributed by atoms with Crippen molar-refractivity contribution < 1.29 is 9.53 Å². The van der Waals surface area contributed by atoms with Gasteiger partial charge >= 0.3 is 0 Å². The number of morpholine rings is 1. The Morgan fingerprint density at radius 1 is 1.26 bits per heavy atom. The number of hydrogen-bond donors (Lipinski definition) is 1. The summed E-state index contributed by atoms with van der Waals surface area (Å²) in [7, 11) is 0. The molecule has 1 fully saturated rings. The van der Waals surface area contributed by atoms with E-state index >= 15 is 0 Å². The van der Waals surface area contributed by atoms with Crippen molar-refractivity contribution in [1.82, 2.24) is 9.88 Å². The molecule has 0 saturated carbocycles. The van der Waals surface area contributed by atoms with Gasteiger partial charge in [0.15, 0.2) is 0 Å². The van der Waals surface area contributed by atoms with Crippen LogP contribution in [0.2, 0.25) is 0 Å². The summed E-state index contributed by atoms with van der Waals surface area (Å²) >= 11 is 0. The molecule has 1 aromatic heterocycles. The first kappa shape index (κ1) is 15.6. The van der Waals surface area contributed by atoms with E-state index in [0.29, 0.717) is 13.2 Å². The molecular formula is C18H21N3O2. The van der Waals surface area contributed by atoms with Gasteiger partial charge in [-0.05, 0) is 24.6 Å². The van der Waals surface area contributed by atoms with E-state index < -0.39 is 0 Å². The van der Waals surface area contributed by atoms with Crippen LogP contribution >= 0.6 is 0 Å². The molecule has 2 atom stereocenters. The number of benzene rings is 1. The molecule has 0 radical (unpaired) electrons. The van der Waals surface area contributed by atoms with Crippen molar-refractivity contribution in [1.29, 1.82) is 0 Å². The van der Waals surface area contributed by atoms with E-state index in [2.05, 4.69) is 27.3 Å². The van der Waals surface area contributed by atoms with Crippen LogP contribution in [0, 0.1) is 0 Å². The minimum absolute atomic E-state index is 0.0220. The summed E-state index contributed by atoms with van der Waals surface area (Å²) in [6.45, 7) is 3.72. The third-order valence-corrected chi connectivity index (χ3v) is 3.97. The maximum Gasteiger partial charge on any atom is 0.238 e. The lowest BCUT2D eigenvalue weighted by Gasteiger charge is -2.38. The van der Waals surface area contributed by atoms with Gasteiger partial charge in [0.05, 0.1) is 25.3 Å². The fourth-order valence-electron chi connectivity index (χ4n) is 2.85. The molecule has 1 aliphatic heterocycles. The van der Waals surface area contributed by atoms with Gasteiger partial charge in [-0.2, -0.15) is 0 Å². The van der Waals surface area contributed by atoms with E-state index in [4.69, 9.17) is 4.74 Å². The summed E-state index contributed by atoms with van der Waals surface area (Å²) in [5, 5.41) is 2.91. The predicted molar refractivity (Wildman–Crippen MR) is 89.0 cm³/mol. The lowest BCUT2D eigenvalue weighted by Crippen LogP contribution is -2.46. The molecule has 23 heavy (non-hydrogen) atoms. The Morgan fingerprint density at radius 3 is 2.74 bits per heavy atom. The second kappa shape index (κ2) is 7.35. The van der Waals surface area contributed by atoms with E-state index in [1.165, 1.54) is 5.56 Å². The SMILES string of the molecule is C[C@@H]1CN(CC(=O)Nc2ccncc2)[C@@H](c2ccccc2)CO1. The van der Waals surface area contributed by atoms with Crippen LogP contribution in [0.3, 0.4) is 0 Å². The molecule has 1 saturated heterocycles. The number of nitrogens with zero attached hydrogens (tertiary/aromatic N) is 2. The minimum atomic E-state index is -0.0220. The van der Waals surface area contributed by atoms with Gasteiger partial charge in [-0.15, -0.1) is 0 Å². The highest BCUT2D eigenvalue weighted by molar-refractivity contribution is 5.92. The van der Waals surface area contributed by atoms with Crippen molar-refractivity contribution in [3.63, 3.8) is 0 Å². The Morgan fingerprint density at radius 2 is 2.00 bits per heavy atom. The fraction of sp³-hybridized carbons (Fsp3) is 0.333. The Balaban J connectivity index is 1.68.